The molecule has 1 spiro atoms. The van der Waals surface area contributed by atoms with Crippen molar-refractivity contribution in [2.75, 3.05) is 0 Å². The van der Waals surface area contributed by atoms with Gasteiger partial charge in [0.15, 0.2) is 5.16 Å². The van der Waals surface area contributed by atoms with E-state index < -0.39 is 0 Å². The minimum Gasteiger partial charge on any atom is -0.268 e. The van der Waals surface area contributed by atoms with E-state index in [2.05, 4.69) is 87.0 Å². The molecule has 0 atom stereocenters. The van der Waals surface area contributed by atoms with Gasteiger partial charge in [0.2, 0.25) is 5.78 Å². The lowest BCUT2D eigenvalue weighted by molar-refractivity contribution is 0.284. The summed E-state index contributed by atoms with van der Waals surface area (Å²) in [6.07, 6.45) is 6.51. The molecule has 0 saturated heterocycles. The Morgan fingerprint density at radius 2 is 1.67 bits per heavy atom. The lowest BCUT2D eigenvalue weighted by atomic mass is 9.62. The standard InChI is InChI=1S/C32H29BrN4OS/c1-21-9-3-6-12-26(21)36-29(38)27-28(25-11-5-4-10-23(25)19-32(27)17-7-2-8-18-32)37-30(36)34-35-31(37)39-20-22-13-15-24(33)16-14-22/h3-6,9-16H,2,7-8,17-20H2,1H3. The number of aromatic nitrogens is 4. The minimum atomic E-state index is -0.171. The maximum absolute atomic E-state index is 14.8. The number of aryl methyl sites for hydroxylation is 1. The first kappa shape index (κ1) is 24.9. The van der Waals surface area contributed by atoms with Gasteiger partial charge in [0, 0.05) is 26.8 Å². The first-order valence-corrected chi connectivity index (χ1v) is 15.4. The molecule has 1 fully saturated rings. The SMILES string of the molecule is Cc1ccccc1-n1c(=O)c2c(n3c(SCc4ccc(Br)cc4)nnc13)-c1ccccc1CC21CCCCC1. The summed E-state index contributed by atoms with van der Waals surface area (Å²) < 4.78 is 5.07. The number of nitrogens with zero attached hydrogens (tertiary/aromatic N) is 4. The van der Waals surface area contributed by atoms with E-state index in [1.54, 1.807) is 11.8 Å². The van der Waals surface area contributed by atoms with E-state index in [9.17, 15) is 4.79 Å². The van der Waals surface area contributed by atoms with E-state index in [1.165, 1.54) is 17.5 Å². The van der Waals surface area contributed by atoms with Crippen LogP contribution in [0.1, 0.15) is 54.4 Å². The number of hydrogen-bond acceptors (Lipinski definition) is 4. The molecule has 1 saturated carbocycles. The number of halogens is 1. The molecule has 39 heavy (non-hydrogen) atoms. The fourth-order valence-corrected chi connectivity index (χ4v) is 7.77. The smallest absolute Gasteiger partial charge is 0.263 e. The first-order valence-electron chi connectivity index (χ1n) is 13.6. The Morgan fingerprint density at radius 3 is 2.46 bits per heavy atom. The monoisotopic (exact) mass is 596 g/mol. The van der Waals surface area contributed by atoms with Crippen LogP contribution in [0.2, 0.25) is 0 Å². The molecule has 2 aliphatic carbocycles. The van der Waals surface area contributed by atoms with E-state index in [4.69, 9.17) is 5.10 Å². The zero-order valence-electron chi connectivity index (χ0n) is 21.9. The molecule has 5 aromatic rings. The largest absolute Gasteiger partial charge is 0.268 e. The molecule has 5 nitrogen and oxygen atoms in total. The van der Waals surface area contributed by atoms with Gasteiger partial charge in [-0.05, 0) is 61.1 Å². The number of rotatable bonds is 4. The second-order valence-electron chi connectivity index (χ2n) is 10.9. The molecule has 2 heterocycles. The van der Waals surface area contributed by atoms with Crippen LogP contribution in [-0.2, 0) is 17.6 Å². The second kappa shape index (κ2) is 9.79. The summed E-state index contributed by atoms with van der Waals surface area (Å²) in [5, 5.41) is 10.2. The molecular weight excluding hydrogens is 568 g/mol. The van der Waals surface area contributed by atoms with Crippen LogP contribution >= 0.6 is 27.7 Å². The third-order valence-electron chi connectivity index (χ3n) is 8.47. The van der Waals surface area contributed by atoms with Crippen molar-refractivity contribution < 1.29 is 0 Å². The van der Waals surface area contributed by atoms with Gasteiger partial charge in [-0.1, -0.05) is 102 Å². The van der Waals surface area contributed by atoms with E-state index in [0.717, 1.165) is 75.6 Å². The van der Waals surface area contributed by atoms with Crippen molar-refractivity contribution in [2.24, 2.45) is 0 Å². The van der Waals surface area contributed by atoms with Crippen molar-refractivity contribution >= 4 is 33.5 Å². The molecule has 196 valence electrons. The summed E-state index contributed by atoms with van der Waals surface area (Å²) in [6, 6.07) is 25.1. The van der Waals surface area contributed by atoms with Crippen molar-refractivity contribution in [3.63, 3.8) is 0 Å². The predicted octanol–water partition coefficient (Wildman–Crippen LogP) is 7.67. The zero-order chi connectivity index (χ0) is 26.6. The molecule has 7 rings (SSSR count). The maximum atomic E-state index is 14.8. The van der Waals surface area contributed by atoms with Gasteiger partial charge in [-0.25, -0.2) is 4.57 Å². The van der Waals surface area contributed by atoms with E-state index in [-0.39, 0.29) is 11.0 Å². The topological polar surface area (TPSA) is 52.2 Å². The number of hydrogen-bond donors (Lipinski definition) is 0. The Labute approximate surface area is 240 Å². The molecule has 0 aliphatic heterocycles. The van der Waals surface area contributed by atoms with Gasteiger partial charge < -0.3 is 0 Å². The van der Waals surface area contributed by atoms with E-state index in [1.807, 2.05) is 22.8 Å². The van der Waals surface area contributed by atoms with Crippen molar-refractivity contribution in [2.45, 2.75) is 61.8 Å². The average molecular weight is 598 g/mol. The highest BCUT2D eigenvalue weighted by Crippen LogP contribution is 2.49. The van der Waals surface area contributed by atoms with Crippen LogP contribution in [0.25, 0.3) is 22.7 Å². The molecule has 2 aliphatic rings. The summed E-state index contributed by atoms with van der Waals surface area (Å²) in [5.41, 5.74) is 7.40. The quantitative estimate of drug-likeness (QED) is 0.200. The fourth-order valence-electron chi connectivity index (χ4n) is 6.62. The first-order chi connectivity index (χ1) is 19.1. The summed E-state index contributed by atoms with van der Waals surface area (Å²) in [4.78, 5) is 14.8. The molecule has 7 heteroatoms. The van der Waals surface area contributed by atoms with E-state index >= 15 is 0 Å². The minimum absolute atomic E-state index is 0.0556. The fraction of sp³-hybridized carbons (Fsp3) is 0.281. The highest BCUT2D eigenvalue weighted by atomic mass is 79.9. The molecule has 2 aromatic heterocycles. The van der Waals surface area contributed by atoms with Crippen molar-refractivity contribution in [3.8, 4) is 16.9 Å². The molecule has 0 radical (unpaired) electrons. The molecule has 3 aromatic carbocycles. The summed E-state index contributed by atoms with van der Waals surface area (Å²) in [5.74, 6) is 1.34. The van der Waals surface area contributed by atoms with Crippen LogP contribution in [0.5, 0.6) is 0 Å². The van der Waals surface area contributed by atoms with Gasteiger partial charge in [-0.2, -0.15) is 0 Å². The van der Waals surface area contributed by atoms with Crippen LogP contribution in [0.3, 0.4) is 0 Å². The Kier molecular flexibility index (Phi) is 6.24. The molecule has 0 bridgehead atoms. The lowest BCUT2D eigenvalue weighted by Crippen LogP contribution is -2.43. The summed E-state index contributed by atoms with van der Waals surface area (Å²) >= 11 is 5.21. The molecule has 0 N–H and O–H groups in total. The summed E-state index contributed by atoms with van der Waals surface area (Å²) in [7, 11) is 0. The summed E-state index contributed by atoms with van der Waals surface area (Å²) in [6.45, 7) is 2.06. The predicted molar refractivity (Wildman–Crippen MR) is 161 cm³/mol. The number of benzene rings is 3. The van der Waals surface area contributed by atoms with Gasteiger partial charge in [0.05, 0.1) is 11.4 Å². The van der Waals surface area contributed by atoms with Crippen molar-refractivity contribution in [1.82, 2.24) is 19.2 Å². The maximum Gasteiger partial charge on any atom is 0.263 e. The van der Waals surface area contributed by atoms with Crippen LogP contribution in [0.4, 0.5) is 0 Å². The third kappa shape index (κ3) is 4.09. The zero-order valence-corrected chi connectivity index (χ0v) is 24.3. The Hall–Kier alpha value is -3.16. The average Bonchev–Trinajstić information content (AvgIpc) is 3.37. The normalized spacial score (nSPS) is 15.8. The van der Waals surface area contributed by atoms with E-state index in [0.29, 0.717) is 5.78 Å². The van der Waals surface area contributed by atoms with Crippen molar-refractivity contribution in [1.29, 1.82) is 0 Å². The van der Waals surface area contributed by atoms with Crippen LogP contribution < -0.4 is 5.56 Å². The number of fused-ring (bicyclic) bond motifs is 6. The van der Waals surface area contributed by atoms with Crippen molar-refractivity contribution in [3.05, 3.63) is 110 Å². The number of thioether (sulfide) groups is 1. The van der Waals surface area contributed by atoms with Gasteiger partial charge in [-0.15, -0.1) is 10.2 Å². The Bertz CT molecular complexity index is 1770. The van der Waals surface area contributed by atoms with Gasteiger partial charge in [0.1, 0.15) is 0 Å². The molecule has 0 amide bonds. The highest BCUT2D eigenvalue weighted by molar-refractivity contribution is 9.10. The van der Waals surface area contributed by atoms with Crippen LogP contribution in [-0.4, -0.2) is 19.2 Å². The van der Waals surface area contributed by atoms with Crippen LogP contribution in [0, 0.1) is 6.92 Å². The molecule has 0 unspecified atom stereocenters. The Balaban J connectivity index is 1.54. The van der Waals surface area contributed by atoms with Gasteiger partial charge in [-0.3, -0.25) is 9.20 Å². The molecular formula is C32H29BrN4OS. The second-order valence-corrected chi connectivity index (χ2v) is 12.7. The van der Waals surface area contributed by atoms with Gasteiger partial charge in [0.25, 0.3) is 5.56 Å². The third-order valence-corrected chi connectivity index (χ3v) is 10.0. The lowest BCUT2D eigenvalue weighted by Gasteiger charge is -2.42. The van der Waals surface area contributed by atoms with Crippen LogP contribution in [0.15, 0.2) is 87.2 Å². The van der Waals surface area contributed by atoms with Gasteiger partial charge >= 0.3 is 0 Å². The number of para-hydroxylation sites is 1. The highest BCUT2D eigenvalue weighted by Gasteiger charge is 2.44. The Morgan fingerprint density at radius 1 is 0.923 bits per heavy atom.